The molecule has 0 amide bonds. The van der Waals surface area contributed by atoms with Gasteiger partial charge < -0.3 is 5.11 Å². The van der Waals surface area contributed by atoms with Gasteiger partial charge in [0.05, 0.1) is 5.60 Å². The molecular formula is C20H20Cl2O. The van der Waals surface area contributed by atoms with Crippen molar-refractivity contribution in [3.8, 4) is 0 Å². The number of hydrogen-bond donors (Lipinski definition) is 1. The molecule has 0 bridgehead atoms. The molecule has 1 aliphatic rings. The molecule has 0 atom stereocenters. The van der Waals surface area contributed by atoms with Crippen LogP contribution in [0, 0.1) is 0 Å². The van der Waals surface area contributed by atoms with Gasteiger partial charge >= 0.3 is 0 Å². The lowest BCUT2D eigenvalue weighted by atomic mass is 9.93. The number of rotatable bonds is 2. The molecule has 0 aliphatic heterocycles. The van der Waals surface area contributed by atoms with Crippen LogP contribution in [0.1, 0.15) is 48.9 Å². The normalized spacial score (nSPS) is 14.9. The van der Waals surface area contributed by atoms with E-state index in [2.05, 4.69) is 18.2 Å². The van der Waals surface area contributed by atoms with Gasteiger partial charge in [0, 0.05) is 10.0 Å². The quantitative estimate of drug-likeness (QED) is 0.696. The van der Waals surface area contributed by atoms with Gasteiger partial charge in [-0.25, -0.2) is 0 Å². The lowest BCUT2D eigenvalue weighted by molar-refractivity contribution is 0.0785. The summed E-state index contributed by atoms with van der Waals surface area (Å²) in [5, 5.41) is 11.6. The largest absolute Gasteiger partial charge is 0.386 e. The summed E-state index contributed by atoms with van der Waals surface area (Å²) >= 11 is 12.4. The lowest BCUT2D eigenvalue weighted by Gasteiger charge is -2.19. The van der Waals surface area contributed by atoms with Crippen LogP contribution in [-0.2, 0) is 12.0 Å². The van der Waals surface area contributed by atoms with Gasteiger partial charge in [-0.1, -0.05) is 53.5 Å². The number of benzene rings is 2. The Balaban J connectivity index is 2.04. The maximum atomic E-state index is 10.2. The predicted molar refractivity (Wildman–Crippen MR) is 99.0 cm³/mol. The maximum absolute atomic E-state index is 10.2. The van der Waals surface area contributed by atoms with E-state index in [-0.39, 0.29) is 0 Å². The van der Waals surface area contributed by atoms with E-state index in [1.165, 1.54) is 16.7 Å². The summed E-state index contributed by atoms with van der Waals surface area (Å²) in [6, 6.07) is 11.9. The molecular weight excluding hydrogens is 327 g/mol. The Kier molecular flexibility index (Phi) is 4.55. The SMILES string of the molecule is CC(C)(O)c1ccc2c(c1)CCCC(c1ccc(Cl)cc1Cl)=C2. The first-order chi connectivity index (χ1) is 10.8. The van der Waals surface area contributed by atoms with Crippen LogP contribution in [-0.4, -0.2) is 5.11 Å². The third-order valence-corrected chi connectivity index (χ3v) is 4.90. The molecule has 0 saturated carbocycles. The van der Waals surface area contributed by atoms with E-state index in [1.54, 1.807) is 6.07 Å². The Morgan fingerprint density at radius 1 is 1.00 bits per heavy atom. The number of aliphatic hydroxyl groups is 1. The Labute approximate surface area is 147 Å². The van der Waals surface area contributed by atoms with Crippen LogP contribution in [0.2, 0.25) is 10.0 Å². The maximum Gasteiger partial charge on any atom is 0.0840 e. The smallest absolute Gasteiger partial charge is 0.0840 e. The molecule has 0 fully saturated rings. The fourth-order valence-electron chi connectivity index (χ4n) is 3.04. The molecule has 0 aromatic heterocycles. The highest BCUT2D eigenvalue weighted by Gasteiger charge is 2.19. The average molecular weight is 347 g/mol. The Bertz CT molecular complexity index is 770. The highest BCUT2D eigenvalue weighted by molar-refractivity contribution is 6.35. The van der Waals surface area contributed by atoms with Gasteiger partial charge in [0.15, 0.2) is 0 Å². The van der Waals surface area contributed by atoms with Crippen molar-refractivity contribution >= 4 is 34.9 Å². The molecule has 3 rings (SSSR count). The van der Waals surface area contributed by atoms with Crippen LogP contribution in [0.4, 0.5) is 0 Å². The first-order valence-corrected chi connectivity index (χ1v) is 8.62. The summed E-state index contributed by atoms with van der Waals surface area (Å²) in [4.78, 5) is 0. The highest BCUT2D eigenvalue weighted by Crippen LogP contribution is 2.35. The fraction of sp³-hybridized carbons (Fsp3) is 0.300. The summed E-state index contributed by atoms with van der Waals surface area (Å²) in [5.41, 5.74) is 4.92. The van der Waals surface area contributed by atoms with Crippen LogP contribution >= 0.6 is 23.2 Å². The fourth-order valence-corrected chi connectivity index (χ4v) is 3.56. The zero-order valence-corrected chi connectivity index (χ0v) is 14.9. The van der Waals surface area contributed by atoms with E-state index in [4.69, 9.17) is 23.2 Å². The van der Waals surface area contributed by atoms with Crippen molar-refractivity contribution in [3.05, 3.63) is 68.7 Å². The Morgan fingerprint density at radius 2 is 1.78 bits per heavy atom. The molecule has 0 saturated heterocycles. The van der Waals surface area contributed by atoms with E-state index < -0.39 is 5.60 Å². The van der Waals surface area contributed by atoms with Crippen LogP contribution in [0.15, 0.2) is 36.4 Å². The first kappa shape index (κ1) is 16.6. The number of aryl methyl sites for hydroxylation is 1. The average Bonchev–Trinajstić information content (AvgIpc) is 2.67. The minimum absolute atomic E-state index is 0.656. The molecule has 1 aliphatic carbocycles. The minimum Gasteiger partial charge on any atom is -0.386 e. The number of fused-ring (bicyclic) bond motifs is 1. The molecule has 120 valence electrons. The van der Waals surface area contributed by atoms with Crippen LogP contribution in [0.25, 0.3) is 11.6 Å². The molecule has 0 unspecified atom stereocenters. The zero-order valence-electron chi connectivity index (χ0n) is 13.4. The predicted octanol–water partition coefficient (Wildman–Crippen LogP) is 6.10. The summed E-state index contributed by atoms with van der Waals surface area (Å²) in [7, 11) is 0. The van der Waals surface area contributed by atoms with E-state index >= 15 is 0 Å². The molecule has 23 heavy (non-hydrogen) atoms. The van der Waals surface area contributed by atoms with Crippen molar-refractivity contribution in [1.29, 1.82) is 0 Å². The van der Waals surface area contributed by atoms with Crippen molar-refractivity contribution in [2.45, 2.75) is 38.7 Å². The molecule has 2 aromatic rings. The molecule has 1 N–H and O–H groups in total. The molecule has 3 heteroatoms. The number of halogens is 2. The summed E-state index contributed by atoms with van der Waals surface area (Å²) < 4.78 is 0. The molecule has 2 aromatic carbocycles. The number of allylic oxidation sites excluding steroid dienone is 1. The molecule has 0 radical (unpaired) electrons. The Morgan fingerprint density at radius 3 is 2.48 bits per heavy atom. The van der Waals surface area contributed by atoms with Crippen molar-refractivity contribution < 1.29 is 5.11 Å². The second-order valence-corrected chi connectivity index (χ2v) is 7.46. The summed E-state index contributed by atoms with van der Waals surface area (Å²) in [6.45, 7) is 3.64. The summed E-state index contributed by atoms with van der Waals surface area (Å²) in [5.74, 6) is 0. The zero-order chi connectivity index (χ0) is 16.6. The van der Waals surface area contributed by atoms with Crippen molar-refractivity contribution in [1.82, 2.24) is 0 Å². The van der Waals surface area contributed by atoms with E-state index in [0.29, 0.717) is 10.0 Å². The van der Waals surface area contributed by atoms with E-state index in [0.717, 1.165) is 30.4 Å². The molecule has 1 nitrogen and oxygen atoms in total. The van der Waals surface area contributed by atoms with Crippen molar-refractivity contribution in [3.63, 3.8) is 0 Å². The van der Waals surface area contributed by atoms with Gasteiger partial charge in [0.25, 0.3) is 0 Å². The van der Waals surface area contributed by atoms with Gasteiger partial charge in [0.1, 0.15) is 0 Å². The highest BCUT2D eigenvalue weighted by atomic mass is 35.5. The minimum atomic E-state index is -0.812. The van der Waals surface area contributed by atoms with Crippen LogP contribution < -0.4 is 0 Å². The Hall–Kier alpha value is -1.28. The first-order valence-electron chi connectivity index (χ1n) is 7.86. The van der Waals surface area contributed by atoms with Crippen LogP contribution in [0.3, 0.4) is 0 Å². The summed E-state index contributed by atoms with van der Waals surface area (Å²) in [6.07, 6.45) is 5.26. The van der Waals surface area contributed by atoms with E-state index in [1.807, 2.05) is 32.0 Å². The van der Waals surface area contributed by atoms with Gasteiger partial charge in [-0.2, -0.15) is 0 Å². The number of hydrogen-bond acceptors (Lipinski definition) is 1. The van der Waals surface area contributed by atoms with Gasteiger partial charge in [-0.3, -0.25) is 0 Å². The third kappa shape index (κ3) is 3.63. The van der Waals surface area contributed by atoms with Crippen LogP contribution in [0.5, 0.6) is 0 Å². The van der Waals surface area contributed by atoms with Crippen molar-refractivity contribution in [2.24, 2.45) is 0 Å². The van der Waals surface area contributed by atoms with Gasteiger partial charge in [0.2, 0.25) is 0 Å². The monoisotopic (exact) mass is 346 g/mol. The molecule has 0 heterocycles. The van der Waals surface area contributed by atoms with Gasteiger partial charge in [-0.05, 0) is 73.1 Å². The lowest BCUT2D eigenvalue weighted by Crippen LogP contribution is -2.15. The topological polar surface area (TPSA) is 20.2 Å². The second-order valence-electron chi connectivity index (χ2n) is 6.62. The third-order valence-electron chi connectivity index (χ3n) is 4.35. The van der Waals surface area contributed by atoms with Crippen molar-refractivity contribution in [2.75, 3.05) is 0 Å². The van der Waals surface area contributed by atoms with E-state index in [9.17, 15) is 5.11 Å². The van der Waals surface area contributed by atoms with Gasteiger partial charge in [-0.15, -0.1) is 0 Å². The standard InChI is InChI=1S/C20H20Cl2O/c1-20(2,23)16-7-6-14-10-15(5-3-4-13(14)11-16)18-9-8-17(21)12-19(18)22/h6-12,23H,3-5H2,1-2H3. The second kappa shape index (κ2) is 6.32. The molecule has 0 spiro atoms.